The standard InChI is InChI=1S/C16H17NO4/c1-16(15(19)20-2,12-7-4-3-5-8-12)11-17-14(18)13-9-6-10-21-13/h3-10H,11H2,1-2H3,(H,17,18)/t16-/m1/s1. The van der Waals surface area contributed by atoms with Crippen molar-refractivity contribution in [3.05, 3.63) is 60.1 Å². The van der Waals surface area contributed by atoms with Crippen molar-refractivity contribution in [1.82, 2.24) is 5.32 Å². The molecule has 0 saturated carbocycles. The molecule has 0 fully saturated rings. The zero-order valence-electron chi connectivity index (χ0n) is 12.0. The van der Waals surface area contributed by atoms with E-state index in [4.69, 9.17) is 9.15 Å². The lowest BCUT2D eigenvalue weighted by Gasteiger charge is -2.27. The van der Waals surface area contributed by atoms with Gasteiger partial charge in [0.05, 0.1) is 13.4 Å². The monoisotopic (exact) mass is 287 g/mol. The predicted octanol–water partition coefficient (Wildman–Crippen LogP) is 2.14. The summed E-state index contributed by atoms with van der Waals surface area (Å²) in [6, 6.07) is 12.4. The SMILES string of the molecule is COC(=O)[C@](C)(CNC(=O)c1ccco1)c1ccccc1. The fraction of sp³-hybridized carbons (Fsp3) is 0.250. The zero-order chi connectivity index (χ0) is 15.3. The van der Waals surface area contributed by atoms with Gasteiger partial charge in [-0.25, -0.2) is 0 Å². The number of esters is 1. The van der Waals surface area contributed by atoms with E-state index in [2.05, 4.69) is 5.32 Å². The Labute approximate surface area is 122 Å². The minimum Gasteiger partial charge on any atom is -0.468 e. The van der Waals surface area contributed by atoms with Gasteiger partial charge < -0.3 is 14.5 Å². The number of methoxy groups -OCH3 is 1. The lowest BCUT2D eigenvalue weighted by atomic mass is 9.82. The third kappa shape index (κ3) is 3.13. The Morgan fingerprint density at radius 3 is 2.48 bits per heavy atom. The number of rotatable bonds is 5. The molecular formula is C16H17NO4. The molecule has 1 atom stereocenters. The van der Waals surface area contributed by atoms with E-state index in [0.717, 1.165) is 5.56 Å². The summed E-state index contributed by atoms with van der Waals surface area (Å²) >= 11 is 0. The van der Waals surface area contributed by atoms with Crippen LogP contribution in [0, 0.1) is 0 Å². The van der Waals surface area contributed by atoms with Gasteiger partial charge in [-0.1, -0.05) is 30.3 Å². The topological polar surface area (TPSA) is 68.5 Å². The van der Waals surface area contributed by atoms with Crippen LogP contribution in [0.25, 0.3) is 0 Å². The maximum Gasteiger partial charge on any atom is 0.317 e. The summed E-state index contributed by atoms with van der Waals surface area (Å²) in [4.78, 5) is 24.1. The van der Waals surface area contributed by atoms with Crippen LogP contribution in [-0.2, 0) is 14.9 Å². The van der Waals surface area contributed by atoms with Crippen molar-refractivity contribution in [1.29, 1.82) is 0 Å². The lowest BCUT2D eigenvalue weighted by Crippen LogP contribution is -2.45. The number of carbonyl (C=O) groups is 2. The summed E-state index contributed by atoms with van der Waals surface area (Å²) in [7, 11) is 1.33. The van der Waals surface area contributed by atoms with Crippen LogP contribution in [0.4, 0.5) is 0 Å². The molecule has 110 valence electrons. The molecule has 1 N–H and O–H groups in total. The van der Waals surface area contributed by atoms with E-state index in [1.807, 2.05) is 30.3 Å². The average Bonchev–Trinajstić information content (AvgIpc) is 3.06. The van der Waals surface area contributed by atoms with E-state index in [9.17, 15) is 9.59 Å². The Morgan fingerprint density at radius 1 is 1.19 bits per heavy atom. The Morgan fingerprint density at radius 2 is 1.90 bits per heavy atom. The third-order valence-electron chi connectivity index (χ3n) is 3.39. The number of benzene rings is 1. The molecule has 5 heteroatoms. The number of hydrogen-bond donors (Lipinski definition) is 1. The second kappa shape index (κ2) is 6.26. The van der Waals surface area contributed by atoms with Gasteiger partial charge in [-0.3, -0.25) is 9.59 Å². The van der Waals surface area contributed by atoms with Crippen LogP contribution in [0.2, 0.25) is 0 Å². The van der Waals surface area contributed by atoms with Crippen LogP contribution in [0.3, 0.4) is 0 Å². The summed E-state index contributed by atoms with van der Waals surface area (Å²) in [5, 5.41) is 2.71. The van der Waals surface area contributed by atoms with Gasteiger partial charge >= 0.3 is 5.97 Å². The minimum atomic E-state index is -0.960. The lowest BCUT2D eigenvalue weighted by molar-refractivity contribution is -0.146. The van der Waals surface area contributed by atoms with Crippen molar-refractivity contribution in [2.45, 2.75) is 12.3 Å². The minimum absolute atomic E-state index is 0.114. The summed E-state index contributed by atoms with van der Waals surface area (Å²) in [6.07, 6.45) is 1.42. The largest absolute Gasteiger partial charge is 0.468 e. The van der Waals surface area contributed by atoms with Gasteiger partial charge in [0.1, 0.15) is 5.41 Å². The van der Waals surface area contributed by atoms with Gasteiger partial charge in [-0.15, -0.1) is 0 Å². The van der Waals surface area contributed by atoms with Crippen LogP contribution in [-0.4, -0.2) is 25.5 Å². The van der Waals surface area contributed by atoms with E-state index in [-0.39, 0.29) is 18.2 Å². The van der Waals surface area contributed by atoms with E-state index < -0.39 is 11.4 Å². The molecule has 1 heterocycles. The van der Waals surface area contributed by atoms with E-state index >= 15 is 0 Å². The Bertz CT molecular complexity index is 606. The van der Waals surface area contributed by atoms with Crippen LogP contribution >= 0.6 is 0 Å². The highest BCUT2D eigenvalue weighted by molar-refractivity contribution is 5.92. The number of nitrogens with one attached hydrogen (secondary N) is 1. The molecule has 1 aromatic heterocycles. The van der Waals surface area contributed by atoms with Crippen molar-refractivity contribution in [3.8, 4) is 0 Å². The van der Waals surface area contributed by atoms with Crippen molar-refractivity contribution in [2.24, 2.45) is 0 Å². The molecule has 0 aliphatic carbocycles. The maximum atomic E-state index is 12.1. The van der Waals surface area contributed by atoms with Crippen LogP contribution < -0.4 is 5.32 Å². The second-order valence-corrected chi connectivity index (χ2v) is 4.85. The van der Waals surface area contributed by atoms with Crippen LogP contribution in [0.15, 0.2) is 53.1 Å². The molecule has 0 saturated heterocycles. The molecule has 0 radical (unpaired) electrons. The maximum absolute atomic E-state index is 12.1. The summed E-state index contributed by atoms with van der Waals surface area (Å²) in [5.74, 6) is -0.574. The Kier molecular flexibility index (Phi) is 4.42. The molecule has 5 nitrogen and oxygen atoms in total. The van der Waals surface area contributed by atoms with Crippen molar-refractivity contribution >= 4 is 11.9 Å². The van der Waals surface area contributed by atoms with E-state index in [0.29, 0.717) is 0 Å². The summed E-state index contributed by atoms with van der Waals surface area (Å²) in [5.41, 5.74) is -0.185. The van der Waals surface area contributed by atoms with Gasteiger partial charge in [0.15, 0.2) is 5.76 Å². The molecule has 0 spiro atoms. The van der Waals surface area contributed by atoms with E-state index in [1.54, 1.807) is 19.1 Å². The van der Waals surface area contributed by atoms with Crippen molar-refractivity contribution in [2.75, 3.05) is 13.7 Å². The molecule has 1 amide bonds. The van der Waals surface area contributed by atoms with Crippen molar-refractivity contribution < 1.29 is 18.7 Å². The first-order valence-corrected chi connectivity index (χ1v) is 6.53. The number of ether oxygens (including phenoxy) is 1. The second-order valence-electron chi connectivity index (χ2n) is 4.85. The molecule has 2 rings (SSSR count). The summed E-state index contributed by atoms with van der Waals surface area (Å²) in [6.45, 7) is 1.85. The van der Waals surface area contributed by atoms with Gasteiger partial charge in [0.25, 0.3) is 5.91 Å². The highest BCUT2D eigenvalue weighted by Gasteiger charge is 2.37. The van der Waals surface area contributed by atoms with Gasteiger partial charge in [-0.2, -0.15) is 0 Å². The average molecular weight is 287 g/mol. The number of amides is 1. The third-order valence-corrected chi connectivity index (χ3v) is 3.39. The molecule has 2 aromatic rings. The highest BCUT2D eigenvalue weighted by atomic mass is 16.5. The fourth-order valence-electron chi connectivity index (χ4n) is 2.08. The molecule has 0 unspecified atom stereocenters. The first-order chi connectivity index (χ1) is 10.1. The quantitative estimate of drug-likeness (QED) is 0.855. The summed E-state index contributed by atoms with van der Waals surface area (Å²) < 4.78 is 9.90. The molecule has 21 heavy (non-hydrogen) atoms. The fourth-order valence-corrected chi connectivity index (χ4v) is 2.08. The first-order valence-electron chi connectivity index (χ1n) is 6.53. The predicted molar refractivity (Wildman–Crippen MR) is 76.9 cm³/mol. The normalized spacial score (nSPS) is 13.2. The number of furan rings is 1. The molecular weight excluding hydrogens is 270 g/mol. The van der Waals surface area contributed by atoms with Crippen LogP contribution in [0.1, 0.15) is 23.0 Å². The Hall–Kier alpha value is -2.56. The van der Waals surface area contributed by atoms with E-state index in [1.165, 1.54) is 13.4 Å². The smallest absolute Gasteiger partial charge is 0.317 e. The first kappa shape index (κ1) is 14.8. The highest BCUT2D eigenvalue weighted by Crippen LogP contribution is 2.24. The van der Waals surface area contributed by atoms with Crippen molar-refractivity contribution in [3.63, 3.8) is 0 Å². The molecule has 1 aromatic carbocycles. The number of hydrogen-bond acceptors (Lipinski definition) is 4. The van der Waals surface area contributed by atoms with Gasteiger partial charge in [0, 0.05) is 6.54 Å². The zero-order valence-corrected chi connectivity index (χ0v) is 12.0. The van der Waals surface area contributed by atoms with Gasteiger partial charge in [-0.05, 0) is 24.6 Å². The molecule has 0 bridgehead atoms. The molecule has 0 aliphatic rings. The van der Waals surface area contributed by atoms with Gasteiger partial charge in [0.2, 0.25) is 0 Å². The van der Waals surface area contributed by atoms with Crippen LogP contribution in [0.5, 0.6) is 0 Å². The Balaban J connectivity index is 2.18. The molecule has 0 aliphatic heterocycles. The number of carbonyl (C=O) groups excluding carboxylic acids is 2.